The first-order valence-corrected chi connectivity index (χ1v) is 7.38. The summed E-state index contributed by atoms with van der Waals surface area (Å²) in [5, 5.41) is 0. The van der Waals surface area contributed by atoms with Crippen LogP contribution in [0.4, 0.5) is 0 Å². The summed E-state index contributed by atoms with van der Waals surface area (Å²) >= 11 is 0. The van der Waals surface area contributed by atoms with Gasteiger partial charge in [-0.2, -0.15) is 0 Å². The minimum absolute atomic E-state index is 0.453. The largest absolute Gasteiger partial charge is 0.367 e. The van der Waals surface area contributed by atoms with Crippen LogP contribution in [-0.4, -0.2) is 5.97 Å². The standard InChI is InChI=1S/C20H16O3/c21-20(23-22-18-14-8-3-9-15-18)19(16-10-4-1-5-11-16)17-12-6-2-7-13-17/h1-15,19H. The second-order valence-electron chi connectivity index (χ2n) is 5.05. The molecule has 114 valence electrons. The first-order valence-electron chi connectivity index (χ1n) is 7.38. The highest BCUT2D eigenvalue weighted by atomic mass is 17.2. The molecule has 0 heterocycles. The molecule has 0 fully saturated rings. The third-order valence-corrected chi connectivity index (χ3v) is 3.46. The van der Waals surface area contributed by atoms with Crippen molar-refractivity contribution < 1.29 is 14.6 Å². The average molecular weight is 304 g/mol. The Bertz CT molecular complexity index is 700. The molecule has 0 aliphatic rings. The first-order chi connectivity index (χ1) is 11.3. The fourth-order valence-electron chi connectivity index (χ4n) is 2.37. The molecule has 3 heteroatoms. The van der Waals surface area contributed by atoms with Gasteiger partial charge < -0.3 is 0 Å². The van der Waals surface area contributed by atoms with Gasteiger partial charge in [-0.3, -0.25) is 4.89 Å². The van der Waals surface area contributed by atoms with Crippen LogP contribution in [0.1, 0.15) is 17.0 Å². The molecule has 3 aromatic rings. The van der Waals surface area contributed by atoms with E-state index >= 15 is 0 Å². The number of rotatable bonds is 5. The summed E-state index contributed by atoms with van der Waals surface area (Å²) < 4.78 is 0. The van der Waals surface area contributed by atoms with Crippen molar-refractivity contribution in [2.24, 2.45) is 0 Å². The van der Waals surface area contributed by atoms with Gasteiger partial charge in [0.25, 0.3) is 0 Å². The second-order valence-corrected chi connectivity index (χ2v) is 5.05. The van der Waals surface area contributed by atoms with Crippen LogP contribution >= 0.6 is 0 Å². The first kappa shape index (κ1) is 14.9. The van der Waals surface area contributed by atoms with Gasteiger partial charge in [0.15, 0.2) is 5.75 Å². The average Bonchev–Trinajstić information content (AvgIpc) is 2.63. The SMILES string of the molecule is O=C(OOc1ccccc1)C(c1ccccc1)c1ccccc1. The Kier molecular flexibility index (Phi) is 4.69. The van der Waals surface area contributed by atoms with E-state index in [0.717, 1.165) is 11.1 Å². The molecule has 3 rings (SSSR count). The van der Waals surface area contributed by atoms with E-state index in [2.05, 4.69) is 0 Å². The van der Waals surface area contributed by atoms with Crippen molar-refractivity contribution in [2.45, 2.75) is 5.92 Å². The number of hydrogen-bond donors (Lipinski definition) is 0. The number of benzene rings is 3. The maximum Gasteiger partial charge on any atom is 0.367 e. The van der Waals surface area contributed by atoms with Crippen LogP contribution < -0.4 is 4.89 Å². The Morgan fingerprint density at radius 1 is 0.652 bits per heavy atom. The lowest BCUT2D eigenvalue weighted by atomic mass is 9.91. The fraction of sp³-hybridized carbons (Fsp3) is 0.0500. The van der Waals surface area contributed by atoms with E-state index in [1.165, 1.54) is 0 Å². The molecule has 0 unspecified atom stereocenters. The van der Waals surface area contributed by atoms with Crippen LogP contribution in [0.25, 0.3) is 0 Å². The van der Waals surface area contributed by atoms with Gasteiger partial charge in [0.1, 0.15) is 5.92 Å². The molecule has 23 heavy (non-hydrogen) atoms. The molecule has 3 nitrogen and oxygen atoms in total. The van der Waals surface area contributed by atoms with Crippen LogP contribution in [0.5, 0.6) is 5.75 Å². The highest BCUT2D eigenvalue weighted by molar-refractivity contribution is 5.81. The van der Waals surface area contributed by atoms with Gasteiger partial charge in [-0.05, 0) is 23.3 Å². The van der Waals surface area contributed by atoms with Crippen LogP contribution in [0.3, 0.4) is 0 Å². The summed E-state index contributed by atoms with van der Waals surface area (Å²) in [6, 6.07) is 28.0. The molecule has 0 aliphatic heterocycles. The molecule has 0 amide bonds. The van der Waals surface area contributed by atoms with Crippen molar-refractivity contribution >= 4 is 5.97 Å². The minimum Gasteiger partial charge on any atom is -0.287 e. The Morgan fingerprint density at radius 2 is 1.09 bits per heavy atom. The lowest BCUT2D eigenvalue weighted by Crippen LogP contribution is -2.19. The molecule has 0 spiro atoms. The van der Waals surface area contributed by atoms with Crippen LogP contribution in [-0.2, 0) is 9.68 Å². The summed E-state index contributed by atoms with van der Waals surface area (Å²) in [5.41, 5.74) is 1.72. The van der Waals surface area contributed by atoms with E-state index in [0.29, 0.717) is 5.75 Å². The number of hydrogen-bond acceptors (Lipinski definition) is 3. The predicted molar refractivity (Wildman–Crippen MR) is 87.9 cm³/mol. The summed E-state index contributed by atoms with van der Waals surface area (Å²) in [6.07, 6.45) is 0. The number of carbonyl (C=O) groups is 1. The molecule has 0 aliphatic carbocycles. The van der Waals surface area contributed by atoms with Crippen LogP contribution in [0.2, 0.25) is 0 Å². The predicted octanol–water partition coefficient (Wildman–Crippen LogP) is 4.36. The van der Waals surface area contributed by atoms with Crippen LogP contribution in [0.15, 0.2) is 91.0 Å². The van der Waals surface area contributed by atoms with Crippen LogP contribution in [0, 0.1) is 0 Å². The van der Waals surface area contributed by atoms with Gasteiger partial charge in [-0.15, -0.1) is 0 Å². The fourth-order valence-corrected chi connectivity index (χ4v) is 2.37. The molecule has 0 saturated heterocycles. The van der Waals surface area contributed by atoms with Crippen molar-refractivity contribution in [1.29, 1.82) is 0 Å². The van der Waals surface area contributed by atoms with E-state index < -0.39 is 11.9 Å². The molecule has 0 bridgehead atoms. The monoisotopic (exact) mass is 304 g/mol. The van der Waals surface area contributed by atoms with Crippen molar-refractivity contribution in [3.8, 4) is 5.75 Å². The van der Waals surface area contributed by atoms with E-state index in [1.54, 1.807) is 12.1 Å². The highest BCUT2D eigenvalue weighted by Crippen LogP contribution is 2.26. The van der Waals surface area contributed by atoms with Gasteiger partial charge in [-0.25, -0.2) is 9.68 Å². The van der Waals surface area contributed by atoms with Crippen molar-refractivity contribution in [1.82, 2.24) is 0 Å². The topological polar surface area (TPSA) is 35.5 Å². The van der Waals surface area contributed by atoms with E-state index in [9.17, 15) is 4.79 Å². The van der Waals surface area contributed by atoms with E-state index in [4.69, 9.17) is 9.78 Å². The molecule has 0 N–H and O–H groups in total. The molecule has 0 radical (unpaired) electrons. The maximum atomic E-state index is 12.6. The zero-order valence-electron chi connectivity index (χ0n) is 12.5. The third kappa shape index (κ3) is 3.77. The molecular weight excluding hydrogens is 288 g/mol. The van der Waals surface area contributed by atoms with E-state index in [1.807, 2.05) is 78.9 Å². The quantitative estimate of drug-likeness (QED) is 0.519. The van der Waals surface area contributed by atoms with Crippen molar-refractivity contribution in [3.63, 3.8) is 0 Å². The highest BCUT2D eigenvalue weighted by Gasteiger charge is 2.25. The summed E-state index contributed by atoms with van der Waals surface area (Å²) in [6.45, 7) is 0. The Hall–Kier alpha value is -3.07. The summed E-state index contributed by atoms with van der Waals surface area (Å²) in [7, 11) is 0. The second kappa shape index (κ2) is 7.27. The maximum absolute atomic E-state index is 12.6. The van der Waals surface area contributed by atoms with Crippen molar-refractivity contribution in [3.05, 3.63) is 102 Å². The number of para-hydroxylation sites is 1. The summed E-state index contributed by atoms with van der Waals surface area (Å²) in [4.78, 5) is 22.8. The Labute approximate surface area is 135 Å². The molecule has 0 saturated carbocycles. The van der Waals surface area contributed by atoms with Gasteiger partial charge in [0.05, 0.1) is 0 Å². The summed E-state index contributed by atoms with van der Waals surface area (Å²) in [5.74, 6) is -0.493. The Balaban J connectivity index is 1.82. The molecule has 0 atom stereocenters. The normalized spacial score (nSPS) is 10.3. The van der Waals surface area contributed by atoms with Crippen molar-refractivity contribution in [2.75, 3.05) is 0 Å². The van der Waals surface area contributed by atoms with E-state index in [-0.39, 0.29) is 0 Å². The van der Waals surface area contributed by atoms with Gasteiger partial charge in [0.2, 0.25) is 0 Å². The zero-order valence-corrected chi connectivity index (χ0v) is 12.5. The smallest absolute Gasteiger partial charge is 0.287 e. The minimum atomic E-state index is -0.527. The Morgan fingerprint density at radius 3 is 1.57 bits per heavy atom. The lowest BCUT2D eigenvalue weighted by molar-refractivity contribution is -0.214. The molecule has 0 aromatic heterocycles. The third-order valence-electron chi connectivity index (χ3n) is 3.46. The molecular formula is C20H16O3. The number of carbonyl (C=O) groups excluding carboxylic acids is 1. The lowest BCUT2D eigenvalue weighted by Gasteiger charge is -2.15. The van der Waals surface area contributed by atoms with Gasteiger partial charge >= 0.3 is 5.97 Å². The zero-order chi connectivity index (χ0) is 15.9. The van der Waals surface area contributed by atoms with Gasteiger partial charge in [0, 0.05) is 0 Å². The molecule has 3 aromatic carbocycles. The van der Waals surface area contributed by atoms with Gasteiger partial charge in [-0.1, -0.05) is 78.9 Å².